The SMILES string of the molecule is COc1ccccc1S(=O)(=O)Nc1ccc(C)cc1Oc1ccc(C(=N)N)cc1. The Labute approximate surface area is 169 Å². The van der Waals surface area contributed by atoms with E-state index in [-0.39, 0.29) is 22.2 Å². The third kappa shape index (κ3) is 4.67. The summed E-state index contributed by atoms with van der Waals surface area (Å²) >= 11 is 0. The van der Waals surface area contributed by atoms with Crippen molar-refractivity contribution in [2.75, 3.05) is 11.8 Å². The van der Waals surface area contributed by atoms with Gasteiger partial charge in [-0.25, -0.2) is 8.42 Å². The maximum Gasteiger partial charge on any atom is 0.265 e. The Morgan fingerprint density at radius 1 is 1.00 bits per heavy atom. The second kappa shape index (κ2) is 8.24. The minimum atomic E-state index is -3.90. The number of ether oxygens (including phenoxy) is 2. The van der Waals surface area contributed by atoms with Crippen LogP contribution in [0.25, 0.3) is 0 Å². The molecule has 0 atom stereocenters. The smallest absolute Gasteiger partial charge is 0.265 e. The number of sulfonamides is 1. The van der Waals surface area contributed by atoms with E-state index in [4.69, 9.17) is 20.6 Å². The van der Waals surface area contributed by atoms with Crippen molar-refractivity contribution in [3.8, 4) is 17.2 Å². The van der Waals surface area contributed by atoms with Gasteiger partial charge in [0.2, 0.25) is 0 Å². The van der Waals surface area contributed by atoms with Gasteiger partial charge in [-0.15, -0.1) is 0 Å². The third-order valence-electron chi connectivity index (χ3n) is 4.13. The lowest BCUT2D eigenvalue weighted by atomic mass is 10.2. The Balaban J connectivity index is 1.93. The van der Waals surface area contributed by atoms with Crippen LogP contribution in [0.5, 0.6) is 17.2 Å². The van der Waals surface area contributed by atoms with E-state index in [1.807, 2.05) is 6.92 Å². The van der Waals surface area contributed by atoms with Crippen LogP contribution in [0.1, 0.15) is 11.1 Å². The van der Waals surface area contributed by atoms with E-state index >= 15 is 0 Å². The van der Waals surface area contributed by atoms with Crippen molar-refractivity contribution >= 4 is 21.5 Å². The molecule has 29 heavy (non-hydrogen) atoms. The van der Waals surface area contributed by atoms with Crippen LogP contribution >= 0.6 is 0 Å². The molecular formula is C21H21N3O4S. The van der Waals surface area contributed by atoms with Crippen LogP contribution < -0.4 is 19.9 Å². The lowest BCUT2D eigenvalue weighted by Gasteiger charge is -2.15. The number of nitrogens with one attached hydrogen (secondary N) is 2. The van der Waals surface area contributed by atoms with Crippen molar-refractivity contribution in [2.45, 2.75) is 11.8 Å². The van der Waals surface area contributed by atoms with E-state index in [2.05, 4.69) is 4.72 Å². The summed E-state index contributed by atoms with van der Waals surface area (Å²) in [6, 6.07) is 18.2. The Bertz CT molecular complexity index is 1140. The zero-order valence-corrected chi connectivity index (χ0v) is 16.8. The van der Waals surface area contributed by atoms with Crippen molar-refractivity contribution in [1.29, 1.82) is 5.41 Å². The van der Waals surface area contributed by atoms with Gasteiger partial charge < -0.3 is 15.2 Å². The summed E-state index contributed by atoms with van der Waals surface area (Å²) in [5.74, 6) is 1.03. The maximum absolute atomic E-state index is 12.9. The van der Waals surface area contributed by atoms with Gasteiger partial charge in [0.25, 0.3) is 10.0 Å². The van der Waals surface area contributed by atoms with Gasteiger partial charge in [-0.1, -0.05) is 18.2 Å². The summed E-state index contributed by atoms with van der Waals surface area (Å²) < 4.78 is 39.4. The van der Waals surface area contributed by atoms with Gasteiger partial charge in [-0.3, -0.25) is 10.1 Å². The van der Waals surface area contributed by atoms with Gasteiger partial charge in [-0.05, 0) is 61.0 Å². The van der Waals surface area contributed by atoms with Crippen LogP contribution in [0.2, 0.25) is 0 Å². The molecule has 0 radical (unpaired) electrons. The summed E-state index contributed by atoms with van der Waals surface area (Å²) in [6.45, 7) is 1.88. The predicted molar refractivity (Wildman–Crippen MR) is 113 cm³/mol. The fraction of sp³-hybridized carbons (Fsp3) is 0.0952. The number of rotatable bonds is 7. The first-order valence-electron chi connectivity index (χ1n) is 8.69. The van der Waals surface area contributed by atoms with Crippen molar-refractivity contribution < 1.29 is 17.9 Å². The van der Waals surface area contributed by atoms with E-state index in [9.17, 15) is 8.42 Å². The summed E-state index contributed by atoms with van der Waals surface area (Å²) in [5.41, 5.74) is 7.22. The number of nitrogen functional groups attached to an aromatic ring is 1. The zero-order chi connectivity index (χ0) is 21.0. The molecule has 0 aliphatic heterocycles. The summed E-state index contributed by atoms with van der Waals surface area (Å²) in [4.78, 5) is 0.0276. The van der Waals surface area contributed by atoms with E-state index in [1.165, 1.54) is 13.2 Å². The fourth-order valence-corrected chi connectivity index (χ4v) is 3.91. The van der Waals surface area contributed by atoms with Gasteiger partial charge in [0.1, 0.15) is 22.2 Å². The van der Waals surface area contributed by atoms with Gasteiger partial charge in [0.15, 0.2) is 5.75 Å². The van der Waals surface area contributed by atoms with Crippen LogP contribution in [-0.4, -0.2) is 21.4 Å². The van der Waals surface area contributed by atoms with Gasteiger partial charge in [0, 0.05) is 5.56 Å². The summed E-state index contributed by atoms with van der Waals surface area (Å²) in [7, 11) is -2.49. The standard InChI is InChI=1S/C21H21N3O4S/c1-14-7-12-17(24-29(25,26)20-6-4-3-5-18(20)27-2)19(13-14)28-16-10-8-15(9-11-16)21(22)23/h3-13,24H,1-2H3,(H3,22,23). The number of hydrogen-bond acceptors (Lipinski definition) is 5. The number of aryl methyl sites for hydroxylation is 1. The number of methoxy groups -OCH3 is 1. The molecule has 4 N–H and O–H groups in total. The number of hydrogen-bond donors (Lipinski definition) is 3. The summed E-state index contributed by atoms with van der Waals surface area (Å²) in [6.07, 6.45) is 0. The van der Waals surface area contributed by atoms with E-state index in [1.54, 1.807) is 60.7 Å². The van der Waals surface area contributed by atoms with E-state index < -0.39 is 10.0 Å². The highest BCUT2D eigenvalue weighted by Gasteiger charge is 2.21. The average Bonchev–Trinajstić information content (AvgIpc) is 2.70. The average molecular weight is 411 g/mol. The Morgan fingerprint density at radius 2 is 1.69 bits per heavy atom. The topological polar surface area (TPSA) is 115 Å². The minimum absolute atomic E-state index is 0.0276. The van der Waals surface area contributed by atoms with Crippen LogP contribution in [-0.2, 0) is 10.0 Å². The first kappa shape index (κ1) is 20.2. The molecule has 3 aromatic rings. The number of benzene rings is 3. The molecule has 0 amide bonds. The van der Waals surface area contributed by atoms with Crippen molar-refractivity contribution in [2.24, 2.45) is 5.73 Å². The first-order valence-corrected chi connectivity index (χ1v) is 10.2. The third-order valence-corrected chi connectivity index (χ3v) is 5.54. The van der Waals surface area contributed by atoms with Crippen LogP contribution in [0.15, 0.2) is 71.6 Å². The van der Waals surface area contributed by atoms with Gasteiger partial charge in [-0.2, -0.15) is 0 Å². The largest absolute Gasteiger partial charge is 0.495 e. The predicted octanol–water partition coefficient (Wildman–Crippen LogP) is 3.88. The van der Waals surface area contributed by atoms with Crippen LogP contribution in [0, 0.1) is 12.3 Å². The molecule has 0 aromatic heterocycles. The van der Waals surface area contributed by atoms with Crippen molar-refractivity contribution in [1.82, 2.24) is 0 Å². The number of nitrogens with two attached hydrogens (primary N) is 1. The highest BCUT2D eigenvalue weighted by molar-refractivity contribution is 7.92. The normalized spacial score (nSPS) is 11.0. The number of para-hydroxylation sites is 1. The minimum Gasteiger partial charge on any atom is -0.495 e. The highest BCUT2D eigenvalue weighted by Crippen LogP contribution is 2.33. The molecular weight excluding hydrogens is 390 g/mol. The Morgan fingerprint density at radius 3 is 2.34 bits per heavy atom. The zero-order valence-electron chi connectivity index (χ0n) is 16.0. The Hall–Kier alpha value is -3.52. The quantitative estimate of drug-likeness (QED) is 0.403. The van der Waals surface area contributed by atoms with Gasteiger partial charge in [0.05, 0.1) is 12.8 Å². The lowest BCUT2D eigenvalue weighted by molar-refractivity contribution is 0.403. The fourth-order valence-electron chi connectivity index (χ4n) is 2.67. The van der Waals surface area contributed by atoms with E-state index in [0.29, 0.717) is 17.1 Å². The molecule has 0 unspecified atom stereocenters. The molecule has 150 valence electrons. The second-order valence-electron chi connectivity index (χ2n) is 6.30. The van der Waals surface area contributed by atoms with Gasteiger partial charge >= 0.3 is 0 Å². The number of amidine groups is 1. The molecule has 3 aromatic carbocycles. The summed E-state index contributed by atoms with van der Waals surface area (Å²) in [5, 5.41) is 7.45. The second-order valence-corrected chi connectivity index (χ2v) is 7.95. The van der Waals surface area contributed by atoms with Crippen molar-refractivity contribution in [3.05, 3.63) is 77.9 Å². The number of anilines is 1. The Kier molecular flexibility index (Phi) is 5.74. The molecule has 0 aliphatic carbocycles. The maximum atomic E-state index is 12.9. The molecule has 3 rings (SSSR count). The molecule has 0 bridgehead atoms. The molecule has 7 nitrogen and oxygen atoms in total. The molecule has 0 heterocycles. The van der Waals surface area contributed by atoms with E-state index in [0.717, 1.165) is 5.56 Å². The van der Waals surface area contributed by atoms with Crippen LogP contribution in [0.4, 0.5) is 5.69 Å². The van der Waals surface area contributed by atoms with Crippen molar-refractivity contribution in [3.63, 3.8) is 0 Å². The molecule has 0 fully saturated rings. The van der Waals surface area contributed by atoms with Crippen LogP contribution in [0.3, 0.4) is 0 Å². The highest BCUT2D eigenvalue weighted by atomic mass is 32.2. The first-order chi connectivity index (χ1) is 13.8. The molecule has 0 saturated carbocycles. The lowest BCUT2D eigenvalue weighted by Crippen LogP contribution is -2.14. The molecule has 8 heteroatoms. The molecule has 0 saturated heterocycles. The monoisotopic (exact) mass is 411 g/mol. The molecule has 0 spiro atoms. The molecule has 0 aliphatic rings.